The van der Waals surface area contributed by atoms with E-state index in [1.807, 2.05) is 0 Å². The Morgan fingerprint density at radius 3 is 2.88 bits per heavy atom. The number of hydrogen-bond acceptors (Lipinski definition) is 2. The SMILES string of the molecule is CNC(c1cccc2c1OCC2)C1(C)CC1. The number of para-hydroxylation sites is 1. The Morgan fingerprint density at radius 1 is 1.38 bits per heavy atom. The minimum atomic E-state index is 0.440. The van der Waals surface area contributed by atoms with Crippen LogP contribution in [0, 0.1) is 5.41 Å². The van der Waals surface area contributed by atoms with E-state index >= 15 is 0 Å². The van der Waals surface area contributed by atoms with Gasteiger partial charge in [0.1, 0.15) is 5.75 Å². The Balaban J connectivity index is 2.02. The lowest BCUT2D eigenvalue weighted by Gasteiger charge is -2.25. The van der Waals surface area contributed by atoms with Crippen molar-refractivity contribution >= 4 is 0 Å². The van der Waals surface area contributed by atoms with Gasteiger partial charge in [0.15, 0.2) is 0 Å². The molecular formula is C14H19NO. The van der Waals surface area contributed by atoms with Crippen LogP contribution in [0.2, 0.25) is 0 Å². The highest BCUT2D eigenvalue weighted by Gasteiger charge is 2.46. The molecule has 1 atom stereocenters. The number of nitrogens with one attached hydrogen (secondary N) is 1. The normalized spacial score (nSPS) is 22.4. The van der Waals surface area contributed by atoms with Gasteiger partial charge < -0.3 is 10.1 Å². The van der Waals surface area contributed by atoms with Crippen LogP contribution in [0.15, 0.2) is 18.2 Å². The van der Waals surface area contributed by atoms with Gasteiger partial charge in [0.25, 0.3) is 0 Å². The molecule has 0 aromatic heterocycles. The average Bonchev–Trinajstić information content (AvgIpc) is 2.84. The van der Waals surface area contributed by atoms with E-state index in [-0.39, 0.29) is 0 Å². The number of rotatable bonds is 3. The van der Waals surface area contributed by atoms with Crippen LogP contribution in [0.1, 0.15) is 36.9 Å². The van der Waals surface area contributed by atoms with Gasteiger partial charge in [-0.05, 0) is 30.9 Å². The van der Waals surface area contributed by atoms with Gasteiger partial charge in [-0.1, -0.05) is 25.1 Å². The van der Waals surface area contributed by atoms with E-state index in [0.717, 1.165) is 18.8 Å². The molecule has 1 aromatic carbocycles. The standard InChI is InChI=1S/C14H19NO/c1-14(7-8-14)13(15-2)11-5-3-4-10-6-9-16-12(10)11/h3-5,13,15H,6-9H2,1-2H3. The molecule has 1 aliphatic heterocycles. The van der Waals surface area contributed by atoms with E-state index in [1.54, 1.807) is 0 Å². The van der Waals surface area contributed by atoms with Gasteiger partial charge in [-0.2, -0.15) is 0 Å². The van der Waals surface area contributed by atoms with E-state index in [4.69, 9.17) is 4.74 Å². The summed E-state index contributed by atoms with van der Waals surface area (Å²) in [5, 5.41) is 3.47. The van der Waals surface area contributed by atoms with Crippen LogP contribution in [0.3, 0.4) is 0 Å². The summed E-state index contributed by atoms with van der Waals surface area (Å²) in [6.07, 6.45) is 3.71. The maximum atomic E-state index is 5.80. The summed E-state index contributed by atoms with van der Waals surface area (Å²) < 4.78 is 5.80. The second kappa shape index (κ2) is 3.49. The molecule has 0 saturated heterocycles. The molecule has 1 saturated carbocycles. The molecule has 3 rings (SSSR count). The summed E-state index contributed by atoms with van der Waals surface area (Å²) in [4.78, 5) is 0. The minimum Gasteiger partial charge on any atom is -0.493 e. The molecule has 1 unspecified atom stereocenters. The lowest BCUT2D eigenvalue weighted by Crippen LogP contribution is -2.25. The van der Waals surface area contributed by atoms with Gasteiger partial charge in [0.05, 0.1) is 6.61 Å². The first kappa shape index (κ1) is 10.2. The first-order chi connectivity index (χ1) is 7.74. The third-order valence-electron chi connectivity index (χ3n) is 4.08. The number of ether oxygens (including phenoxy) is 1. The number of fused-ring (bicyclic) bond motifs is 1. The zero-order valence-corrected chi connectivity index (χ0v) is 10.0. The molecule has 86 valence electrons. The van der Waals surface area contributed by atoms with E-state index < -0.39 is 0 Å². The highest BCUT2D eigenvalue weighted by Crippen LogP contribution is 2.56. The van der Waals surface area contributed by atoms with Gasteiger partial charge in [-0.3, -0.25) is 0 Å². The number of benzene rings is 1. The highest BCUT2D eigenvalue weighted by molar-refractivity contribution is 5.46. The van der Waals surface area contributed by atoms with Crippen LogP contribution in [0.4, 0.5) is 0 Å². The molecule has 1 fully saturated rings. The van der Waals surface area contributed by atoms with Crippen molar-refractivity contribution in [2.24, 2.45) is 5.41 Å². The van der Waals surface area contributed by atoms with Gasteiger partial charge >= 0.3 is 0 Å². The second-order valence-corrected chi connectivity index (χ2v) is 5.31. The van der Waals surface area contributed by atoms with Crippen LogP contribution >= 0.6 is 0 Å². The Kier molecular flexibility index (Phi) is 2.21. The molecule has 0 spiro atoms. The first-order valence-electron chi connectivity index (χ1n) is 6.16. The van der Waals surface area contributed by atoms with Crippen molar-refractivity contribution in [3.05, 3.63) is 29.3 Å². The van der Waals surface area contributed by atoms with Crippen molar-refractivity contribution in [1.82, 2.24) is 5.32 Å². The molecule has 0 bridgehead atoms. The van der Waals surface area contributed by atoms with Crippen LogP contribution in [-0.4, -0.2) is 13.7 Å². The maximum absolute atomic E-state index is 5.80. The predicted molar refractivity (Wildman–Crippen MR) is 64.8 cm³/mol. The lowest BCUT2D eigenvalue weighted by molar-refractivity contribution is 0.332. The van der Waals surface area contributed by atoms with Crippen molar-refractivity contribution in [2.45, 2.75) is 32.2 Å². The van der Waals surface area contributed by atoms with Crippen LogP contribution in [0.5, 0.6) is 5.75 Å². The average molecular weight is 217 g/mol. The molecular weight excluding hydrogens is 198 g/mol. The maximum Gasteiger partial charge on any atom is 0.127 e. The van der Waals surface area contributed by atoms with Crippen molar-refractivity contribution in [3.63, 3.8) is 0 Å². The van der Waals surface area contributed by atoms with Crippen LogP contribution < -0.4 is 10.1 Å². The molecule has 2 aliphatic rings. The summed E-state index contributed by atoms with van der Waals surface area (Å²) in [6, 6.07) is 7.02. The summed E-state index contributed by atoms with van der Waals surface area (Å²) in [5.41, 5.74) is 3.18. The summed E-state index contributed by atoms with van der Waals surface area (Å²) >= 11 is 0. The van der Waals surface area contributed by atoms with E-state index in [2.05, 4.69) is 37.5 Å². The summed E-state index contributed by atoms with van der Waals surface area (Å²) in [7, 11) is 2.06. The predicted octanol–water partition coefficient (Wildman–Crippen LogP) is 2.68. The molecule has 1 aliphatic carbocycles. The molecule has 2 heteroatoms. The molecule has 2 nitrogen and oxygen atoms in total. The lowest BCUT2D eigenvalue weighted by atomic mass is 9.90. The Hall–Kier alpha value is -1.02. The quantitative estimate of drug-likeness (QED) is 0.840. The van der Waals surface area contributed by atoms with Gasteiger partial charge in [-0.15, -0.1) is 0 Å². The van der Waals surface area contributed by atoms with Crippen molar-refractivity contribution in [1.29, 1.82) is 0 Å². The summed E-state index contributed by atoms with van der Waals surface area (Å²) in [6.45, 7) is 3.21. The fourth-order valence-electron chi connectivity index (χ4n) is 2.83. The first-order valence-corrected chi connectivity index (χ1v) is 6.16. The van der Waals surface area contributed by atoms with E-state index in [1.165, 1.54) is 24.0 Å². The van der Waals surface area contributed by atoms with Gasteiger partial charge in [0, 0.05) is 18.0 Å². The highest BCUT2D eigenvalue weighted by atomic mass is 16.5. The van der Waals surface area contributed by atoms with Crippen molar-refractivity contribution in [2.75, 3.05) is 13.7 Å². The molecule has 1 N–H and O–H groups in total. The third kappa shape index (κ3) is 1.44. The smallest absolute Gasteiger partial charge is 0.127 e. The molecule has 1 aromatic rings. The van der Waals surface area contributed by atoms with Gasteiger partial charge in [-0.25, -0.2) is 0 Å². The van der Waals surface area contributed by atoms with Crippen LogP contribution in [0.25, 0.3) is 0 Å². The molecule has 1 heterocycles. The fourth-order valence-corrected chi connectivity index (χ4v) is 2.83. The Morgan fingerprint density at radius 2 is 2.19 bits per heavy atom. The Labute approximate surface area is 97.0 Å². The topological polar surface area (TPSA) is 21.3 Å². The molecule has 0 radical (unpaired) electrons. The van der Waals surface area contributed by atoms with Crippen molar-refractivity contribution in [3.8, 4) is 5.75 Å². The van der Waals surface area contributed by atoms with Gasteiger partial charge in [0.2, 0.25) is 0 Å². The minimum absolute atomic E-state index is 0.440. The van der Waals surface area contributed by atoms with Crippen LogP contribution in [-0.2, 0) is 6.42 Å². The Bertz CT molecular complexity index is 409. The van der Waals surface area contributed by atoms with Crippen molar-refractivity contribution < 1.29 is 4.74 Å². The van der Waals surface area contributed by atoms with E-state index in [9.17, 15) is 0 Å². The zero-order valence-electron chi connectivity index (χ0n) is 10.0. The molecule has 0 amide bonds. The summed E-state index contributed by atoms with van der Waals surface area (Å²) in [5.74, 6) is 1.15. The second-order valence-electron chi connectivity index (χ2n) is 5.31. The van der Waals surface area contributed by atoms with E-state index in [0.29, 0.717) is 11.5 Å². The zero-order chi connectivity index (χ0) is 11.2. The largest absolute Gasteiger partial charge is 0.493 e. The number of hydrogen-bond donors (Lipinski definition) is 1. The molecule has 16 heavy (non-hydrogen) atoms. The fraction of sp³-hybridized carbons (Fsp3) is 0.571. The monoisotopic (exact) mass is 217 g/mol. The third-order valence-corrected chi connectivity index (χ3v) is 4.08.